The summed E-state index contributed by atoms with van der Waals surface area (Å²) in [5.41, 5.74) is 10.2. The third-order valence-electron chi connectivity index (χ3n) is 8.63. The molecule has 0 saturated carbocycles. The number of allylic oxidation sites excluding steroid dienone is 5. The molecule has 0 fully saturated rings. The van der Waals surface area contributed by atoms with Crippen molar-refractivity contribution in [3.63, 3.8) is 0 Å². The molecule has 3 rings (SSSR count). The molecule has 1 aliphatic carbocycles. The Morgan fingerprint density at radius 2 is 1.54 bits per heavy atom. The highest BCUT2D eigenvalue weighted by molar-refractivity contribution is 7.89. The van der Waals surface area contributed by atoms with Crippen molar-refractivity contribution < 1.29 is 35.7 Å². The summed E-state index contributed by atoms with van der Waals surface area (Å²) in [7, 11) is -7.42. The number of nitrogens with one attached hydrogen (secondary N) is 2. The molecule has 0 spiro atoms. The molecule has 0 unspecified atom stereocenters. The van der Waals surface area contributed by atoms with Crippen LogP contribution in [0.5, 0.6) is 5.75 Å². The van der Waals surface area contributed by atoms with Gasteiger partial charge in [0.1, 0.15) is 5.75 Å². The summed E-state index contributed by atoms with van der Waals surface area (Å²) in [6, 6.07) is 10.8. The fourth-order valence-electron chi connectivity index (χ4n) is 5.94. The van der Waals surface area contributed by atoms with E-state index in [2.05, 4.69) is 14.9 Å². The Morgan fingerprint density at radius 3 is 2.20 bits per heavy atom. The summed E-state index contributed by atoms with van der Waals surface area (Å²) in [5.74, 6) is -0.915. The van der Waals surface area contributed by atoms with Gasteiger partial charge in [0, 0.05) is 30.8 Å². The molecule has 2 aromatic rings. The lowest BCUT2D eigenvalue weighted by atomic mass is 9.91. The van der Waals surface area contributed by atoms with Gasteiger partial charge in [0.05, 0.1) is 22.8 Å². The summed E-state index contributed by atoms with van der Waals surface area (Å²) in [5, 5.41) is 2.93. The molecular formula is C39H55N5O8S2. The summed E-state index contributed by atoms with van der Waals surface area (Å²) in [6.45, 7) is 10.6. The van der Waals surface area contributed by atoms with Crippen molar-refractivity contribution in [2.45, 2.75) is 59.8 Å². The molecular weight excluding hydrogens is 731 g/mol. The van der Waals surface area contributed by atoms with E-state index in [0.717, 1.165) is 12.0 Å². The van der Waals surface area contributed by atoms with Gasteiger partial charge in [0.25, 0.3) is 16.0 Å². The van der Waals surface area contributed by atoms with Crippen LogP contribution in [0.2, 0.25) is 0 Å². The maximum atomic E-state index is 14.2. The molecule has 13 nitrogen and oxygen atoms in total. The number of amides is 1. The molecule has 0 radical (unpaired) electrons. The molecule has 0 bridgehead atoms. The van der Waals surface area contributed by atoms with E-state index >= 15 is 0 Å². The SMILES string of the molecule is CCCNS(=O)(=O)CCCN=C1C=CC=C/C1=C(\C(=O)Oc1c(C)cc(C(=O)NCCCN(CCCN)CCCS(=O)(=O)O)cc1C)c1ccccc1C. The zero-order chi connectivity index (χ0) is 39.7. The highest BCUT2D eigenvalue weighted by Gasteiger charge is 2.25. The van der Waals surface area contributed by atoms with Crippen molar-refractivity contribution in [2.75, 3.05) is 57.3 Å². The number of aryl methyl sites for hydroxylation is 3. The van der Waals surface area contributed by atoms with E-state index in [1.165, 1.54) is 0 Å². The number of carbonyl (C=O) groups excluding carboxylic acids is 2. The number of nitrogens with zero attached hydrogens (tertiary/aromatic N) is 2. The van der Waals surface area contributed by atoms with Crippen LogP contribution in [0.25, 0.3) is 5.57 Å². The van der Waals surface area contributed by atoms with Crippen molar-refractivity contribution in [1.29, 1.82) is 0 Å². The van der Waals surface area contributed by atoms with Gasteiger partial charge >= 0.3 is 5.97 Å². The molecule has 0 aliphatic heterocycles. The highest BCUT2D eigenvalue weighted by atomic mass is 32.2. The van der Waals surface area contributed by atoms with Gasteiger partial charge in [0.2, 0.25) is 10.0 Å². The number of sulfonamides is 1. The molecule has 0 heterocycles. The maximum absolute atomic E-state index is 14.2. The fourth-order valence-corrected chi connectivity index (χ4v) is 7.60. The summed E-state index contributed by atoms with van der Waals surface area (Å²) in [4.78, 5) is 34.1. The Labute approximate surface area is 320 Å². The van der Waals surface area contributed by atoms with Gasteiger partial charge in [-0.15, -0.1) is 0 Å². The smallest absolute Gasteiger partial charge is 0.344 e. The first-order valence-electron chi connectivity index (χ1n) is 18.3. The van der Waals surface area contributed by atoms with Crippen molar-refractivity contribution in [1.82, 2.24) is 14.9 Å². The molecule has 5 N–H and O–H groups in total. The Morgan fingerprint density at radius 1 is 0.870 bits per heavy atom. The van der Waals surface area contributed by atoms with Crippen molar-refractivity contribution in [3.8, 4) is 5.75 Å². The number of ether oxygens (including phenoxy) is 1. The number of hydrogen-bond donors (Lipinski definition) is 4. The second kappa shape index (κ2) is 21.8. The zero-order valence-electron chi connectivity index (χ0n) is 31.8. The van der Waals surface area contributed by atoms with Crippen molar-refractivity contribution in [3.05, 3.63) is 94.1 Å². The minimum atomic E-state index is -4.03. The topological polar surface area (TPSA) is 198 Å². The van der Waals surface area contributed by atoms with Crippen LogP contribution in [-0.4, -0.2) is 101 Å². The van der Waals surface area contributed by atoms with Crippen LogP contribution in [0, 0.1) is 20.8 Å². The Hall–Kier alpha value is -3.99. The first-order valence-corrected chi connectivity index (χ1v) is 21.6. The lowest BCUT2D eigenvalue weighted by Gasteiger charge is -2.22. The zero-order valence-corrected chi connectivity index (χ0v) is 33.4. The van der Waals surface area contributed by atoms with E-state index < -0.39 is 26.1 Å². The predicted molar refractivity (Wildman–Crippen MR) is 215 cm³/mol. The lowest BCUT2D eigenvalue weighted by molar-refractivity contribution is -0.128. The fraction of sp³-hybridized carbons (Fsp3) is 0.462. The quantitative estimate of drug-likeness (QED) is 0.0439. The predicted octanol–water partition coefficient (Wildman–Crippen LogP) is 4.31. The highest BCUT2D eigenvalue weighted by Crippen LogP contribution is 2.31. The second-order valence-corrected chi connectivity index (χ2v) is 16.7. The largest absolute Gasteiger partial charge is 0.422 e. The molecule has 2 aromatic carbocycles. The van der Waals surface area contributed by atoms with E-state index in [1.54, 1.807) is 38.1 Å². The van der Waals surface area contributed by atoms with Gasteiger partial charge in [-0.1, -0.05) is 49.4 Å². The second-order valence-electron chi connectivity index (χ2n) is 13.2. The molecule has 0 saturated heterocycles. The molecule has 0 atom stereocenters. The van der Waals surface area contributed by atoms with Crippen LogP contribution in [0.15, 0.2) is 71.3 Å². The van der Waals surface area contributed by atoms with E-state index in [-0.39, 0.29) is 24.0 Å². The standard InChI is InChI=1S/C39H55N5O8S2/c1-5-19-43-53(47,48)25-12-21-41-35-17-9-8-16-34(35)36(33-15-7-6-14-29(33)2)39(46)52-37-30(3)27-32(28-31(37)4)38(45)42-20-11-23-44(22-10-18-40)24-13-26-54(49,50)51/h6-9,14-17,27-28,43H,5,10-13,18-26,40H2,1-4H3,(H,42,45)(H,49,50,51)/b36-34+,41-35?. The number of aliphatic imine (C=N–C) groups is 1. The van der Waals surface area contributed by atoms with Gasteiger partial charge in [-0.05, 0) is 120 Å². The van der Waals surface area contributed by atoms with E-state index in [0.29, 0.717) is 110 Å². The average molecular weight is 786 g/mol. The van der Waals surface area contributed by atoms with Gasteiger partial charge in [-0.2, -0.15) is 8.42 Å². The molecule has 296 valence electrons. The lowest BCUT2D eigenvalue weighted by Crippen LogP contribution is -2.32. The van der Waals surface area contributed by atoms with Crippen LogP contribution >= 0.6 is 0 Å². The number of esters is 1. The monoisotopic (exact) mass is 785 g/mol. The van der Waals surface area contributed by atoms with E-state index in [1.807, 2.05) is 50.3 Å². The Balaban J connectivity index is 1.77. The molecule has 1 aliphatic rings. The van der Waals surface area contributed by atoms with E-state index in [4.69, 9.17) is 20.0 Å². The third-order valence-corrected chi connectivity index (χ3v) is 10.9. The number of hydrogen-bond acceptors (Lipinski definition) is 10. The Kier molecular flexibility index (Phi) is 17.9. The van der Waals surface area contributed by atoms with Gasteiger partial charge < -0.3 is 20.7 Å². The minimum absolute atomic E-state index is 0.0581. The van der Waals surface area contributed by atoms with Crippen LogP contribution in [-0.2, 0) is 24.9 Å². The summed E-state index contributed by atoms with van der Waals surface area (Å²) in [6.07, 6.45) is 9.87. The number of rotatable bonds is 22. The minimum Gasteiger partial charge on any atom is -0.422 e. The Bertz CT molecular complexity index is 1930. The van der Waals surface area contributed by atoms with Gasteiger partial charge in [-0.3, -0.25) is 14.3 Å². The van der Waals surface area contributed by atoms with Crippen molar-refractivity contribution in [2.24, 2.45) is 10.7 Å². The maximum Gasteiger partial charge on any atom is 0.344 e. The molecule has 54 heavy (non-hydrogen) atoms. The molecule has 1 amide bonds. The van der Waals surface area contributed by atoms with Crippen LogP contribution in [0.1, 0.15) is 71.6 Å². The van der Waals surface area contributed by atoms with Crippen LogP contribution in [0.4, 0.5) is 0 Å². The van der Waals surface area contributed by atoms with Crippen LogP contribution in [0.3, 0.4) is 0 Å². The average Bonchev–Trinajstić information content (AvgIpc) is 3.12. The van der Waals surface area contributed by atoms with Gasteiger partial charge in [0.15, 0.2) is 0 Å². The van der Waals surface area contributed by atoms with Crippen LogP contribution < -0.4 is 20.5 Å². The van der Waals surface area contributed by atoms with E-state index in [9.17, 15) is 26.4 Å². The summed E-state index contributed by atoms with van der Waals surface area (Å²) < 4.78 is 64.5. The number of carbonyl (C=O) groups is 2. The first kappa shape index (κ1) is 44.4. The molecule has 0 aromatic heterocycles. The summed E-state index contributed by atoms with van der Waals surface area (Å²) >= 11 is 0. The number of benzene rings is 2. The first-order chi connectivity index (χ1) is 25.7. The normalized spacial score (nSPS) is 14.8. The third kappa shape index (κ3) is 14.7. The number of nitrogens with two attached hydrogens (primary N) is 1. The van der Waals surface area contributed by atoms with Crippen molar-refractivity contribution >= 4 is 43.3 Å². The molecule has 15 heteroatoms. The van der Waals surface area contributed by atoms with Gasteiger partial charge in [-0.25, -0.2) is 17.9 Å².